The number of aryl methyl sites for hydroxylation is 1. The second-order valence-electron chi connectivity index (χ2n) is 9.01. The molecule has 1 atom stereocenters. The van der Waals surface area contributed by atoms with Gasteiger partial charge in [0.2, 0.25) is 11.8 Å². The average molecular weight is 508 g/mol. The van der Waals surface area contributed by atoms with Gasteiger partial charge in [-0.1, -0.05) is 6.92 Å². The molecule has 5 rings (SSSR count). The summed E-state index contributed by atoms with van der Waals surface area (Å²) >= 11 is 0. The van der Waals surface area contributed by atoms with Gasteiger partial charge in [0.1, 0.15) is 6.10 Å². The molecule has 37 heavy (non-hydrogen) atoms. The van der Waals surface area contributed by atoms with E-state index in [-0.39, 0.29) is 12.7 Å². The number of rotatable bonds is 5. The Morgan fingerprint density at radius 2 is 2.08 bits per heavy atom. The van der Waals surface area contributed by atoms with Crippen LogP contribution >= 0.6 is 0 Å². The van der Waals surface area contributed by atoms with Crippen LogP contribution in [0.2, 0.25) is 0 Å². The van der Waals surface area contributed by atoms with Gasteiger partial charge in [-0.25, -0.2) is 14.6 Å². The van der Waals surface area contributed by atoms with Crippen molar-refractivity contribution in [3.63, 3.8) is 0 Å². The smallest absolute Gasteiger partial charge is 0.240 e. The van der Waals surface area contributed by atoms with Crippen LogP contribution in [0.15, 0.2) is 18.6 Å². The molecule has 0 fully saturated rings. The number of imidazole rings is 1. The molecule has 12 heteroatoms. The van der Waals surface area contributed by atoms with E-state index >= 15 is 0 Å². The van der Waals surface area contributed by atoms with Gasteiger partial charge in [0.15, 0.2) is 11.5 Å². The van der Waals surface area contributed by atoms with Crippen molar-refractivity contribution in [1.29, 1.82) is 0 Å². The number of ether oxygens (including phenoxy) is 2. The number of aliphatic hydroxyl groups is 1. The number of nitrogen functional groups attached to an aromatic ring is 1. The van der Waals surface area contributed by atoms with E-state index in [1.54, 1.807) is 17.1 Å². The van der Waals surface area contributed by atoms with Crippen molar-refractivity contribution < 1.29 is 14.6 Å². The lowest BCUT2D eigenvalue weighted by Gasteiger charge is -2.25. The Bertz CT molecular complexity index is 1440. The van der Waals surface area contributed by atoms with Gasteiger partial charge in [0, 0.05) is 26.3 Å². The van der Waals surface area contributed by atoms with Crippen LogP contribution < -0.4 is 15.2 Å². The number of likely N-dealkylation sites (N-methyl/N-ethyl adjacent to an activating group) is 1. The Kier molecular flexibility index (Phi) is 6.85. The van der Waals surface area contributed by atoms with Crippen molar-refractivity contribution in [1.82, 2.24) is 38.8 Å². The topological polar surface area (TPSA) is 134 Å². The maximum Gasteiger partial charge on any atom is 0.240 e. The molecule has 0 radical (unpaired) electrons. The molecule has 0 spiro atoms. The van der Waals surface area contributed by atoms with Crippen molar-refractivity contribution in [3.8, 4) is 23.0 Å². The van der Waals surface area contributed by atoms with Gasteiger partial charge < -0.3 is 20.3 Å². The Balaban J connectivity index is 1.72. The first-order valence-corrected chi connectivity index (χ1v) is 12.5. The second-order valence-corrected chi connectivity index (χ2v) is 9.01. The lowest BCUT2D eigenvalue weighted by Crippen LogP contribution is -2.34. The summed E-state index contributed by atoms with van der Waals surface area (Å²) in [6.07, 6.45) is 9.20. The van der Waals surface area contributed by atoms with Crippen LogP contribution in [0.25, 0.3) is 29.1 Å². The maximum atomic E-state index is 9.72. The highest BCUT2D eigenvalue weighted by Gasteiger charge is 2.23. The van der Waals surface area contributed by atoms with Crippen molar-refractivity contribution in [3.05, 3.63) is 35.5 Å². The van der Waals surface area contributed by atoms with E-state index in [4.69, 9.17) is 15.2 Å². The number of aromatic nitrogens is 7. The minimum atomic E-state index is -0.149. The molecule has 12 nitrogen and oxygen atoms in total. The molecular formula is C25H33N9O3. The zero-order valence-corrected chi connectivity index (χ0v) is 21.6. The van der Waals surface area contributed by atoms with Crippen molar-refractivity contribution in [2.75, 3.05) is 32.0 Å². The SMILES string of the molecule is CCOc1nn(CCO)c2c1/C=C/c1cnc3c(N)nc(cn13)-c1cnn(C)c1O[C@@H](C)CN(CC)C2. The van der Waals surface area contributed by atoms with Crippen LogP contribution in [0, 0.1) is 0 Å². The molecule has 1 aliphatic heterocycles. The van der Waals surface area contributed by atoms with E-state index in [0.29, 0.717) is 55.2 Å². The number of anilines is 1. The third-order valence-corrected chi connectivity index (χ3v) is 6.43. The molecule has 0 aromatic carbocycles. The summed E-state index contributed by atoms with van der Waals surface area (Å²) in [5, 5.41) is 18.8. The molecule has 5 heterocycles. The predicted molar refractivity (Wildman–Crippen MR) is 140 cm³/mol. The van der Waals surface area contributed by atoms with Gasteiger partial charge >= 0.3 is 0 Å². The summed E-state index contributed by atoms with van der Waals surface area (Å²) in [5.41, 5.74) is 10.9. The Hall–Kier alpha value is -3.90. The van der Waals surface area contributed by atoms with E-state index in [9.17, 15) is 5.11 Å². The Morgan fingerprint density at radius 3 is 2.84 bits per heavy atom. The molecule has 2 bridgehead atoms. The van der Waals surface area contributed by atoms with Crippen LogP contribution in [-0.2, 0) is 20.1 Å². The number of nitrogens with two attached hydrogens (primary N) is 1. The first-order valence-electron chi connectivity index (χ1n) is 12.5. The van der Waals surface area contributed by atoms with Gasteiger partial charge in [0.25, 0.3) is 0 Å². The fraction of sp³-hybridized carbons (Fsp3) is 0.440. The summed E-state index contributed by atoms with van der Waals surface area (Å²) in [5.74, 6) is 1.46. The van der Waals surface area contributed by atoms with E-state index in [1.165, 1.54) is 0 Å². The standard InChI is InChI=1S/C25H33N9O3/c1-5-32-13-16(3)37-25-19(12-28-31(25)4)20-14-33-17(11-27-23(33)22(26)29-20)7-8-18-21(15-32)34(9-10-35)30-24(18)36-6-2/h7-8,11-12,14,16,35H,5-6,9-10,13,15H2,1-4H3,(H2,26,29)/b8-7+/t16-/m0/s1. The van der Waals surface area contributed by atoms with Gasteiger partial charge in [-0.3, -0.25) is 14.0 Å². The third kappa shape index (κ3) is 4.65. The van der Waals surface area contributed by atoms with Crippen LogP contribution in [0.1, 0.15) is 37.7 Å². The molecule has 4 aromatic heterocycles. The second kappa shape index (κ2) is 10.2. The fourth-order valence-electron chi connectivity index (χ4n) is 4.65. The molecule has 0 unspecified atom stereocenters. The minimum Gasteiger partial charge on any atom is -0.476 e. The molecule has 0 saturated carbocycles. The van der Waals surface area contributed by atoms with Crippen molar-refractivity contribution >= 4 is 23.6 Å². The lowest BCUT2D eigenvalue weighted by molar-refractivity contribution is 0.133. The lowest BCUT2D eigenvalue weighted by atomic mass is 10.2. The molecule has 0 saturated heterocycles. The summed E-state index contributed by atoms with van der Waals surface area (Å²) in [4.78, 5) is 11.4. The average Bonchev–Trinajstić information content (AvgIpc) is 3.54. The van der Waals surface area contributed by atoms with Crippen LogP contribution in [0.3, 0.4) is 0 Å². The highest BCUT2D eigenvalue weighted by atomic mass is 16.5. The molecular weight excluding hydrogens is 474 g/mol. The fourth-order valence-corrected chi connectivity index (χ4v) is 4.65. The number of nitrogens with zero attached hydrogens (tertiary/aromatic N) is 8. The highest BCUT2D eigenvalue weighted by Crippen LogP contribution is 2.32. The molecule has 1 aliphatic rings. The number of hydrogen-bond donors (Lipinski definition) is 2. The van der Waals surface area contributed by atoms with Crippen LogP contribution in [0.5, 0.6) is 11.8 Å². The van der Waals surface area contributed by atoms with Gasteiger partial charge in [-0.2, -0.15) is 5.10 Å². The van der Waals surface area contributed by atoms with E-state index in [1.807, 2.05) is 48.3 Å². The van der Waals surface area contributed by atoms with Gasteiger partial charge in [0.05, 0.1) is 60.4 Å². The zero-order chi connectivity index (χ0) is 26.1. The quantitative estimate of drug-likeness (QED) is 0.416. The number of fused-ring (bicyclic) bond motifs is 4. The van der Waals surface area contributed by atoms with Gasteiger partial charge in [-0.05, 0) is 32.5 Å². The molecule has 4 aromatic rings. The predicted octanol–water partition coefficient (Wildman–Crippen LogP) is 2.07. The van der Waals surface area contributed by atoms with E-state index < -0.39 is 0 Å². The first kappa shape index (κ1) is 24.8. The summed E-state index contributed by atoms with van der Waals surface area (Å²) in [6, 6.07) is 0. The van der Waals surface area contributed by atoms with Crippen molar-refractivity contribution in [2.24, 2.45) is 7.05 Å². The Morgan fingerprint density at radius 1 is 1.24 bits per heavy atom. The largest absolute Gasteiger partial charge is 0.476 e. The molecule has 0 amide bonds. The van der Waals surface area contributed by atoms with Crippen molar-refractivity contribution in [2.45, 2.75) is 40.0 Å². The summed E-state index contributed by atoms with van der Waals surface area (Å²) in [6.45, 7) is 8.96. The van der Waals surface area contributed by atoms with Crippen LogP contribution in [-0.4, -0.2) is 76.3 Å². The van der Waals surface area contributed by atoms with Crippen LogP contribution in [0.4, 0.5) is 5.82 Å². The summed E-state index contributed by atoms with van der Waals surface area (Å²) < 4.78 is 17.8. The summed E-state index contributed by atoms with van der Waals surface area (Å²) in [7, 11) is 1.85. The first-order chi connectivity index (χ1) is 17.9. The normalized spacial score (nSPS) is 17.2. The molecule has 3 N–H and O–H groups in total. The zero-order valence-electron chi connectivity index (χ0n) is 21.6. The Labute approximate surface area is 214 Å². The monoisotopic (exact) mass is 507 g/mol. The van der Waals surface area contributed by atoms with E-state index in [2.05, 4.69) is 32.0 Å². The van der Waals surface area contributed by atoms with E-state index in [0.717, 1.165) is 29.1 Å². The molecule has 196 valence electrons. The highest BCUT2D eigenvalue weighted by molar-refractivity contribution is 5.76. The van der Waals surface area contributed by atoms with Gasteiger partial charge in [-0.15, -0.1) is 5.10 Å². The maximum absolute atomic E-state index is 9.72. The molecule has 0 aliphatic carbocycles. The number of hydrogen-bond acceptors (Lipinski definition) is 9. The number of aliphatic hydroxyl groups excluding tert-OH is 1. The minimum absolute atomic E-state index is 0.0272. The third-order valence-electron chi connectivity index (χ3n) is 6.43.